The first-order valence-corrected chi connectivity index (χ1v) is 9.48. The number of ether oxygens (including phenoxy) is 1. The molecule has 1 fully saturated rings. The fourth-order valence-corrected chi connectivity index (χ4v) is 4.57. The number of nitrogens with zero attached hydrogens (tertiary/aromatic N) is 2. The highest BCUT2D eigenvalue weighted by Crippen LogP contribution is 2.29. The predicted octanol–water partition coefficient (Wildman–Crippen LogP) is 2.60. The average molecular weight is 412 g/mol. The summed E-state index contributed by atoms with van der Waals surface area (Å²) in [4.78, 5) is 15.9. The van der Waals surface area contributed by atoms with Crippen LogP contribution in [-0.4, -0.2) is 42.9 Å². The number of hydrogen-bond donors (Lipinski definition) is 0. The Morgan fingerprint density at radius 1 is 1.55 bits per heavy atom. The number of esters is 1. The molecule has 1 unspecified atom stereocenters. The lowest BCUT2D eigenvalue weighted by atomic mass is 10.1. The summed E-state index contributed by atoms with van der Waals surface area (Å²) in [6.45, 7) is 2.20. The van der Waals surface area contributed by atoms with Gasteiger partial charge in [-0.15, -0.1) is 0 Å². The van der Waals surface area contributed by atoms with Crippen molar-refractivity contribution in [2.45, 2.75) is 37.1 Å². The van der Waals surface area contributed by atoms with Crippen LogP contribution in [0.25, 0.3) is 0 Å². The van der Waals surface area contributed by atoms with E-state index >= 15 is 0 Å². The van der Waals surface area contributed by atoms with Gasteiger partial charge in [0, 0.05) is 12.7 Å². The minimum Gasteiger partial charge on any atom is -0.465 e. The fourth-order valence-electron chi connectivity index (χ4n) is 2.35. The minimum absolute atomic E-state index is 0.0000246. The smallest absolute Gasteiger partial charge is 0.324 e. The van der Waals surface area contributed by atoms with Crippen molar-refractivity contribution in [1.29, 1.82) is 0 Å². The molecule has 1 aromatic rings. The van der Waals surface area contributed by atoms with Gasteiger partial charge in [-0.1, -0.05) is 11.6 Å². The summed E-state index contributed by atoms with van der Waals surface area (Å²) in [7, 11) is -3.83. The summed E-state index contributed by atoms with van der Waals surface area (Å²) in [5.74, 6) is -0.508. The maximum absolute atomic E-state index is 12.8. The lowest BCUT2D eigenvalue weighted by molar-refractivity contribution is -0.148. The van der Waals surface area contributed by atoms with Crippen LogP contribution >= 0.6 is 27.5 Å². The van der Waals surface area contributed by atoms with Gasteiger partial charge < -0.3 is 4.74 Å². The molecule has 0 saturated carbocycles. The first-order chi connectivity index (χ1) is 10.4. The molecular weight excluding hydrogens is 396 g/mol. The van der Waals surface area contributed by atoms with Gasteiger partial charge in [0.05, 0.1) is 11.1 Å². The zero-order valence-corrected chi connectivity index (χ0v) is 15.1. The summed E-state index contributed by atoms with van der Waals surface area (Å²) in [5, 5.41) is 0.180. The summed E-state index contributed by atoms with van der Waals surface area (Å²) in [6, 6.07) is 0.606. The Morgan fingerprint density at radius 2 is 2.27 bits per heavy atom. The topological polar surface area (TPSA) is 76.6 Å². The van der Waals surface area contributed by atoms with Crippen LogP contribution in [0.15, 0.2) is 21.6 Å². The molecule has 1 aliphatic heterocycles. The molecule has 1 atom stereocenters. The van der Waals surface area contributed by atoms with Crippen LogP contribution in [0.5, 0.6) is 0 Å². The molecule has 0 radical (unpaired) electrons. The average Bonchev–Trinajstić information content (AvgIpc) is 2.50. The molecule has 0 aliphatic carbocycles. The Bertz CT molecular complexity index is 668. The molecule has 0 aromatic carbocycles. The van der Waals surface area contributed by atoms with Gasteiger partial charge in [0.25, 0.3) is 0 Å². The van der Waals surface area contributed by atoms with Crippen molar-refractivity contribution in [3.63, 3.8) is 0 Å². The van der Waals surface area contributed by atoms with Gasteiger partial charge in [0.2, 0.25) is 10.0 Å². The van der Waals surface area contributed by atoms with Gasteiger partial charge in [-0.05, 0) is 48.2 Å². The van der Waals surface area contributed by atoms with E-state index in [1.165, 1.54) is 16.6 Å². The molecule has 0 N–H and O–H groups in total. The van der Waals surface area contributed by atoms with E-state index in [0.29, 0.717) is 17.3 Å². The molecule has 6 nitrogen and oxygen atoms in total. The van der Waals surface area contributed by atoms with E-state index in [-0.39, 0.29) is 23.2 Å². The molecule has 22 heavy (non-hydrogen) atoms. The van der Waals surface area contributed by atoms with Crippen molar-refractivity contribution >= 4 is 43.5 Å². The highest BCUT2D eigenvalue weighted by Gasteiger charge is 2.38. The fraction of sp³-hybridized carbons (Fsp3) is 0.538. The van der Waals surface area contributed by atoms with Crippen LogP contribution < -0.4 is 0 Å². The monoisotopic (exact) mass is 410 g/mol. The Kier molecular flexibility index (Phi) is 5.81. The maximum Gasteiger partial charge on any atom is 0.324 e. The third-order valence-corrected chi connectivity index (χ3v) is 6.40. The Hall–Kier alpha value is -0.700. The number of pyridine rings is 1. The Labute approximate surface area is 143 Å². The number of carbonyl (C=O) groups is 1. The number of hydrogen-bond acceptors (Lipinski definition) is 5. The molecule has 2 rings (SSSR count). The maximum atomic E-state index is 12.8. The summed E-state index contributed by atoms with van der Waals surface area (Å²) in [5.41, 5.74) is 0. The van der Waals surface area contributed by atoms with Gasteiger partial charge in [0.1, 0.15) is 16.1 Å². The van der Waals surface area contributed by atoms with Crippen molar-refractivity contribution in [1.82, 2.24) is 9.29 Å². The van der Waals surface area contributed by atoms with Crippen molar-refractivity contribution in [3.8, 4) is 0 Å². The molecule has 1 saturated heterocycles. The third kappa shape index (κ3) is 3.61. The van der Waals surface area contributed by atoms with Crippen LogP contribution in [-0.2, 0) is 19.6 Å². The van der Waals surface area contributed by atoms with Gasteiger partial charge in [-0.25, -0.2) is 13.4 Å². The summed E-state index contributed by atoms with van der Waals surface area (Å²) < 4.78 is 32.2. The van der Waals surface area contributed by atoms with Gasteiger partial charge >= 0.3 is 5.97 Å². The highest BCUT2D eigenvalue weighted by atomic mass is 79.9. The van der Waals surface area contributed by atoms with E-state index in [1.54, 1.807) is 6.92 Å². The second-order valence-electron chi connectivity index (χ2n) is 4.82. The zero-order chi connectivity index (χ0) is 16.3. The number of carbonyl (C=O) groups excluding carboxylic acids is 1. The second kappa shape index (κ2) is 7.25. The molecular formula is C13H16BrClN2O4S. The molecule has 2 heterocycles. The normalized spacial score (nSPS) is 19.9. The quantitative estimate of drug-likeness (QED) is 0.562. The van der Waals surface area contributed by atoms with Crippen LogP contribution in [0.4, 0.5) is 0 Å². The second-order valence-corrected chi connectivity index (χ2v) is 7.93. The molecule has 1 aromatic heterocycles. The molecule has 9 heteroatoms. The van der Waals surface area contributed by atoms with E-state index in [1.807, 2.05) is 0 Å². The standard InChI is InChI=1S/C13H16BrClN2O4S/c1-2-21-13(18)11-5-3-4-6-17(11)22(19,20)9-7-10(14)12(15)16-8-9/h7-8,11H,2-6H2,1H3. The van der Waals surface area contributed by atoms with Crippen LogP contribution in [0, 0.1) is 0 Å². The molecule has 1 aliphatic rings. The van der Waals surface area contributed by atoms with E-state index in [0.717, 1.165) is 6.42 Å². The SMILES string of the molecule is CCOC(=O)C1CCCCN1S(=O)(=O)c1cnc(Cl)c(Br)c1. The van der Waals surface area contributed by atoms with Gasteiger partial charge in [-0.3, -0.25) is 4.79 Å². The molecule has 0 bridgehead atoms. The number of rotatable bonds is 4. The lowest BCUT2D eigenvalue weighted by Crippen LogP contribution is -2.48. The van der Waals surface area contributed by atoms with E-state index in [9.17, 15) is 13.2 Å². The van der Waals surface area contributed by atoms with Crippen LogP contribution in [0.2, 0.25) is 5.15 Å². The summed E-state index contributed by atoms with van der Waals surface area (Å²) >= 11 is 8.96. The number of aromatic nitrogens is 1. The molecule has 0 spiro atoms. The van der Waals surface area contributed by atoms with Crippen molar-refractivity contribution in [2.24, 2.45) is 0 Å². The Balaban J connectivity index is 2.36. The van der Waals surface area contributed by atoms with Gasteiger partial charge in [-0.2, -0.15) is 4.31 Å². The van der Waals surface area contributed by atoms with Crippen molar-refractivity contribution < 1.29 is 17.9 Å². The first-order valence-electron chi connectivity index (χ1n) is 6.87. The zero-order valence-electron chi connectivity index (χ0n) is 12.0. The van der Waals surface area contributed by atoms with Crippen LogP contribution in [0.1, 0.15) is 26.2 Å². The van der Waals surface area contributed by atoms with E-state index in [2.05, 4.69) is 20.9 Å². The largest absolute Gasteiger partial charge is 0.465 e. The minimum atomic E-state index is -3.83. The van der Waals surface area contributed by atoms with Crippen molar-refractivity contribution in [3.05, 3.63) is 21.9 Å². The van der Waals surface area contributed by atoms with E-state index in [4.69, 9.17) is 16.3 Å². The summed E-state index contributed by atoms with van der Waals surface area (Å²) in [6.07, 6.45) is 3.15. The number of sulfonamides is 1. The number of halogens is 2. The van der Waals surface area contributed by atoms with Gasteiger partial charge in [0.15, 0.2) is 0 Å². The number of piperidine rings is 1. The molecule has 122 valence electrons. The third-order valence-electron chi connectivity index (χ3n) is 3.39. The Morgan fingerprint density at radius 3 is 2.91 bits per heavy atom. The first kappa shape index (κ1) is 17.7. The highest BCUT2D eigenvalue weighted by molar-refractivity contribution is 9.10. The predicted molar refractivity (Wildman–Crippen MR) is 85.1 cm³/mol. The van der Waals surface area contributed by atoms with Crippen LogP contribution in [0.3, 0.4) is 0 Å². The lowest BCUT2D eigenvalue weighted by Gasteiger charge is -2.32. The molecule has 0 amide bonds. The van der Waals surface area contributed by atoms with E-state index < -0.39 is 22.0 Å². The van der Waals surface area contributed by atoms with Crippen molar-refractivity contribution in [2.75, 3.05) is 13.2 Å².